The van der Waals surface area contributed by atoms with Crippen molar-refractivity contribution in [2.75, 3.05) is 26.2 Å². The maximum atomic E-state index is 13.1. The van der Waals surface area contributed by atoms with Crippen molar-refractivity contribution in [1.82, 2.24) is 14.4 Å². The lowest BCUT2D eigenvalue weighted by molar-refractivity contribution is -0.145. The predicted molar refractivity (Wildman–Crippen MR) is 91.6 cm³/mol. The maximum Gasteiger partial charge on any atom is 0.270 e. The van der Waals surface area contributed by atoms with Crippen molar-refractivity contribution in [2.45, 2.75) is 32.1 Å². The molecule has 3 heterocycles. The number of nitriles is 1. The van der Waals surface area contributed by atoms with Gasteiger partial charge in [0.05, 0.1) is 11.0 Å². The lowest BCUT2D eigenvalue weighted by atomic mass is 9.78. The van der Waals surface area contributed by atoms with Crippen LogP contribution in [-0.2, 0) is 11.8 Å². The summed E-state index contributed by atoms with van der Waals surface area (Å²) in [6.07, 6.45) is 6.83. The van der Waals surface area contributed by atoms with Crippen LogP contribution in [0.4, 0.5) is 0 Å². The monoisotopic (exact) mass is 340 g/mol. The second-order valence-electron chi connectivity index (χ2n) is 7.89. The van der Waals surface area contributed by atoms with E-state index in [9.17, 15) is 9.59 Å². The molecule has 0 radical (unpaired) electrons. The minimum atomic E-state index is -0.383. The standard InChI is InChI=1S/C19H24N4O2/c1-21-11-15(10-20)9-16(21)17(24)23-8-6-19(13-23)5-2-7-22(18(19)25)12-14-3-4-14/h9,11,14H,2-8,12-13H2,1H3/t19-/m1/s1. The van der Waals surface area contributed by atoms with E-state index in [0.29, 0.717) is 30.3 Å². The first kappa shape index (κ1) is 16.2. The Bertz CT molecular complexity index is 758. The zero-order valence-corrected chi connectivity index (χ0v) is 14.7. The van der Waals surface area contributed by atoms with Crippen LogP contribution in [0.25, 0.3) is 0 Å². The maximum absolute atomic E-state index is 13.1. The Morgan fingerprint density at radius 1 is 1.36 bits per heavy atom. The van der Waals surface area contributed by atoms with Gasteiger partial charge in [-0.15, -0.1) is 0 Å². The van der Waals surface area contributed by atoms with E-state index in [2.05, 4.69) is 6.07 Å². The van der Waals surface area contributed by atoms with Gasteiger partial charge in [-0.2, -0.15) is 5.26 Å². The van der Waals surface area contributed by atoms with Crippen LogP contribution < -0.4 is 0 Å². The SMILES string of the molecule is Cn1cc(C#N)cc1C(=O)N1CC[C@]2(CCCN(CC3CC3)C2=O)C1. The van der Waals surface area contributed by atoms with E-state index < -0.39 is 0 Å². The molecule has 0 aromatic carbocycles. The summed E-state index contributed by atoms with van der Waals surface area (Å²) in [5, 5.41) is 9.02. The summed E-state index contributed by atoms with van der Waals surface area (Å²) < 4.78 is 1.70. The molecular formula is C19H24N4O2. The minimum absolute atomic E-state index is 0.0759. The zero-order valence-electron chi connectivity index (χ0n) is 14.7. The second kappa shape index (κ2) is 5.91. The van der Waals surface area contributed by atoms with Crippen LogP contribution in [0.2, 0.25) is 0 Å². The Morgan fingerprint density at radius 2 is 2.16 bits per heavy atom. The Balaban J connectivity index is 1.49. The van der Waals surface area contributed by atoms with Gasteiger partial charge in [0, 0.05) is 39.4 Å². The van der Waals surface area contributed by atoms with E-state index in [1.54, 1.807) is 28.8 Å². The summed E-state index contributed by atoms with van der Waals surface area (Å²) in [4.78, 5) is 29.8. The summed E-state index contributed by atoms with van der Waals surface area (Å²) in [6.45, 7) is 2.90. The van der Waals surface area contributed by atoms with E-state index in [0.717, 1.165) is 32.4 Å². The Hall–Kier alpha value is -2.29. The molecule has 4 rings (SSSR count). The topological polar surface area (TPSA) is 69.3 Å². The highest BCUT2D eigenvalue weighted by atomic mass is 16.2. The largest absolute Gasteiger partial charge is 0.345 e. The van der Waals surface area contributed by atoms with E-state index in [-0.39, 0.29) is 17.2 Å². The van der Waals surface area contributed by atoms with Crippen LogP contribution in [0.5, 0.6) is 0 Å². The number of rotatable bonds is 3. The fraction of sp³-hybridized carbons (Fsp3) is 0.632. The van der Waals surface area contributed by atoms with Gasteiger partial charge in [0.15, 0.2) is 0 Å². The van der Waals surface area contributed by atoms with Gasteiger partial charge in [-0.05, 0) is 44.1 Å². The van der Waals surface area contributed by atoms with Crippen LogP contribution in [0.3, 0.4) is 0 Å². The number of amides is 2. The molecule has 2 aliphatic heterocycles. The number of aryl methyl sites for hydroxylation is 1. The molecule has 3 fully saturated rings. The zero-order chi connectivity index (χ0) is 17.6. The smallest absolute Gasteiger partial charge is 0.270 e. The molecule has 6 heteroatoms. The van der Waals surface area contributed by atoms with Gasteiger partial charge in [0.25, 0.3) is 5.91 Å². The average Bonchev–Trinajstić information content (AvgIpc) is 3.19. The van der Waals surface area contributed by atoms with Gasteiger partial charge in [-0.3, -0.25) is 9.59 Å². The predicted octanol–water partition coefficient (Wildman–Crippen LogP) is 1.76. The summed E-state index contributed by atoms with van der Waals surface area (Å²) in [5.74, 6) is 0.879. The first-order chi connectivity index (χ1) is 12.0. The van der Waals surface area contributed by atoms with Gasteiger partial charge >= 0.3 is 0 Å². The van der Waals surface area contributed by atoms with Gasteiger partial charge < -0.3 is 14.4 Å². The van der Waals surface area contributed by atoms with Crippen molar-refractivity contribution in [1.29, 1.82) is 5.26 Å². The quantitative estimate of drug-likeness (QED) is 0.842. The second-order valence-corrected chi connectivity index (χ2v) is 7.89. The highest BCUT2D eigenvalue weighted by Crippen LogP contribution is 2.42. The first-order valence-electron chi connectivity index (χ1n) is 9.17. The van der Waals surface area contributed by atoms with Gasteiger partial charge in [-0.25, -0.2) is 0 Å². The molecule has 6 nitrogen and oxygen atoms in total. The van der Waals surface area contributed by atoms with Crippen molar-refractivity contribution >= 4 is 11.8 Å². The molecule has 0 unspecified atom stereocenters. The normalized spacial score (nSPS) is 26.3. The molecule has 1 aromatic rings. The fourth-order valence-electron chi connectivity index (χ4n) is 4.36. The van der Waals surface area contributed by atoms with E-state index in [1.807, 2.05) is 4.90 Å². The summed E-state index contributed by atoms with van der Waals surface area (Å²) in [5.41, 5.74) is 0.627. The molecule has 1 saturated carbocycles. The molecule has 2 saturated heterocycles. The summed E-state index contributed by atoms with van der Waals surface area (Å²) >= 11 is 0. The third-order valence-corrected chi connectivity index (χ3v) is 5.99. The third kappa shape index (κ3) is 2.82. The molecule has 2 amide bonds. The molecule has 0 N–H and O–H groups in total. The molecule has 0 bridgehead atoms. The molecule has 3 aliphatic rings. The van der Waals surface area contributed by atoms with E-state index in [4.69, 9.17) is 5.26 Å². The first-order valence-corrected chi connectivity index (χ1v) is 9.17. The van der Waals surface area contributed by atoms with Crippen LogP contribution >= 0.6 is 0 Å². The number of hydrogen-bond acceptors (Lipinski definition) is 3. The number of nitrogens with zero attached hydrogens (tertiary/aromatic N) is 4. The molecular weight excluding hydrogens is 316 g/mol. The van der Waals surface area contributed by atoms with Gasteiger partial charge in [-0.1, -0.05) is 0 Å². The van der Waals surface area contributed by atoms with Crippen molar-refractivity contribution in [3.63, 3.8) is 0 Å². The van der Waals surface area contributed by atoms with Crippen molar-refractivity contribution in [3.05, 3.63) is 23.5 Å². The number of piperidine rings is 1. The number of likely N-dealkylation sites (tertiary alicyclic amines) is 2. The third-order valence-electron chi connectivity index (χ3n) is 5.99. The highest BCUT2D eigenvalue weighted by molar-refractivity contribution is 5.94. The van der Waals surface area contributed by atoms with E-state index in [1.165, 1.54) is 12.8 Å². The molecule has 25 heavy (non-hydrogen) atoms. The number of carbonyl (C=O) groups is 2. The lowest BCUT2D eigenvalue weighted by Gasteiger charge is -2.39. The number of hydrogen-bond donors (Lipinski definition) is 0. The molecule has 1 spiro atoms. The van der Waals surface area contributed by atoms with Gasteiger partial charge in [0.2, 0.25) is 5.91 Å². The Morgan fingerprint density at radius 3 is 2.84 bits per heavy atom. The number of aromatic nitrogens is 1. The van der Waals surface area contributed by atoms with Crippen LogP contribution in [-0.4, -0.2) is 52.4 Å². The van der Waals surface area contributed by atoms with E-state index >= 15 is 0 Å². The Labute approximate surface area is 148 Å². The summed E-state index contributed by atoms with van der Waals surface area (Å²) in [7, 11) is 1.78. The molecule has 132 valence electrons. The minimum Gasteiger partial charge on any atom is -0.345 e. The van der Waals surface area contributed by atoms with Crippen molar-refractivity contribution in [2.24, 2.45) is 18.4 Å². The van der Waals surface area contributed by atoms with Crippen LogP contribution in [0.1, 0.15) is 48.2 Å². The highest BCUT2D eigenvalue weighted by Gasteiger charge is 2.50. The van der Waals surface area contributed by atoms with Crippen LogP contribution in [0.15, 0.2) is 12.3 Å². The molecule has 1 aromatic heterocycles. The number of carbonyl (C=O) groups excluding carboxylic acids is 2. The molecule has 1 atom stereocenters. The average molecular weight is 340 g/mol. The fourth-order valence-corrected chi connectivity index (χ4v) is 4.36. The molecule has 1 aliphatic carbocycles. The van der Waals surface area contributed by atoms with Crippen LogP contribution in [0, 0.1) is 22.7 Å². The lowest BCUT2D eigenvalue weighted by Crippen LogP contribution is -2.51. The summed E-state index contributed by atoms with van der Waals surface area (Å²) in [6, 6.07) is 3.71. The van der Waals surface area contributed by atoms with Crippen molar-refractivity contribution < 1.29 is 9.59 Å². The Kier molecular flexibility index (Phi) is 3.82. The van der Waals surface area contributed by atoms with Crippen molar-refractivity contribution in [3.8, 4) is 6.07 Å². The van der Waals surface area contributed by atoms with Gasteiger partial charge in [0.1, 0.15) is 11.8 Å².